The minimum atomic E-state index is -0.0769. The molecule has 1 aliphatic rings. The number of rotatable bonds is 6. The molecular formula is C24H28N4O2. The molecule has 1 atom stereocenters. The van der Waals surface area contributed by atoms with Gasteiger partial charge in [0, 0.05) is 19.6 Å². The lowest BCUT2D eigenvalue weighted by Gasteiger charge is -2.33. The summed E-state index contributed by atoms with van der Waals surface area (Å²) >= 11 is 0. The molecule has 6 heteroatoms. The highest BCUT2D eigenvalue weighted by Crippen LogP contribution is 2.30. The molecule has 1 N–H and O–H groups in total. The van der Waals surface area contributed by atoms with E-state index in [0.717, 1.165) is 41.8 Å². The van der Waals surface area contributed by atoms with Crippen LogP contribution < -0.4 is 15.0 Å². The van der Waals surface area contributed by atoms with Crippen LogP contribution >= 0.6 is 0 Å². The Kier molecular flexibility index (Phi) is 6.12. The van der Waals surface area contributed by atoms with Crippen LogP contribution in [0, 0.1) is 12.8 Å². The average Bonchev–Trinajstić information content (AvgIpc) is 2.78. The van der Waals surface area contributed by atoms with E-state index in [1.807, 2.05) is 31.2 Å². The molecule has 2 heterocycles. The van der Waals surface area contributed by atoms with E-state index in [-0.39, 0.29) is 11.8 Å². The second kappa shape index (κ2) is 9.11. The van der Waals surface area contributed by atoms with Crippen LogP contribution in [0.25, 0.3) is 11.0 Å². The Morgan fingerprint density at radius 2 is 1.87 bits per heavy atom. The molecule has 0 bridgehead atoms. The van der Waals surface area contributed by atoms with E-state index in [1.54, 1.807) is 0 Å². The Morgan fingerprint density at radius 3 is 2.60 bits per heavy atom. The molecule has 0 aliphatic carbocycles. The zero-order valence-corrected chi connectivity index (χ0v) is 17.6. The van der Waals surface area contributed by atoms with Crippen molar-refractivity contribution in [3.05, 3.63) is 59.7 Å². The highest BCUT2D eigenvalue weighted by Gasteiger charge is 2.28. The Balaban J connectivity index is 1.48. The van der Waals surface area contributed by atoms with Crippen LogP contribution in [0.3, 0.4) is 0 Å². The average molecular weight is 405 g/mol. The van der Waals surface area contributed by atoms with Gasteiger partial charge in [-0.1, -0.05) is 42.0 Å². The molecule has 1 fully saturated rings. The van der Waals surface area contributed by atoms with Crippen molar-refractivity contribution in [2.45, 2.75) is 33.2 Å². The fraction of sp³-hybridized carbons (Fsp3) is 0.375. The quantitative estimate of drug-likeness (QED) is 0.676. The summed E-state index contributed by atoms with van der Waals surface area (Å²) in [5.74, 6) is 1.28. The summed E-state index contributed by atoms with van der Waals surface area (Å²) in [6, 6.07) is 16.0. The number of benzene rings is 2. The van der Waals surface area contributed by atoms with E-state index in [1.165, 1.54) is 5.56 Å². The van der Waals surface area contributed by atoms with Crippen LogP contribution in [-0.4, -0.2) is 35.6 Å². The van der Waals surface area contributed by atoms with Crippen molar-refractivity contribution in [2.75, 3.05) is 24.6 Å². The van der Waals surface area contributed by atoms with Crippen molar-refractivity contribution in [3.8, 4) is 5.88 Å². The standard InChI is InChI=1S/C24H28N4O2/c1-3-30-24-22(26-20-8-4-5-9-21(20)27-24)28-14-6-7-19(16-28)23(29)25-15-18-12-10-17(2)11-13-18/h4-5,8-13,19H,3,6-7,14-16H2,1-2H3,(H,25,29)/t19-/m0/s1. The van der Waals surface area contributed by atoms with Gasteiger partial charge in [0.1, 0.15) is 0 Å². The fourth-order valence-electron chi connectivity index (χ4n) is 3.84. The highest BCUT2D eigenvalue weighted by atomic mass is 16.5. The second-order valence-electron chi connectivity index (χ2n) is 7.76. The fourth-order valence-corrected chi connectivity index (χ4v) is 3.84. The summed E-state index contributed by atoms with van der Waals surface area (Å²) in [4.78, 5) is 24.5. The third-order valence-corrected chi connectivity index (χ3v) is 5.48. The zero-order valence-electron chi connectivity index (χ0n) is 17.6. The van der Waals surface area contributed by atoms with Crippen molar-refractivity contribution in [1.82, 2.24) is 15.3 Å². The first-order chi connectivity index (χ1) is 14.6. The molecule has 1 aromatic heterocycles. The Labute approximate surface area is 177 Å². The predicted molar refractivity (Wildman–Crippen MR) is 119 cm³/mol. The number of amides is 1. The molecule has 0 unspecified atom stereocenters. The van der Waals surface area contributed by atoms with Crippen LogP contribution in [0.4, 0.5) is 5.82 Å². The number of fused-ring (bicyclic) bond motifs is 1. The number of aryl methyl sites for hydroxylation is 1. The van der Waals surface area contributed by atoms with E-state index in [9.17, 15) is 4.79 Å². The van der Waals surface area contributed by atoms with Gasteiger partial charge in [-0.2, -0.15) is 0 Å². The molecular weight excluding hydrogens is 376 g/mol. The molecule has 30 heavy (non-hydrogen) atoms. The summed E-state index contributed by atoms with van der Waals surface area (Å²) in [5.41, 5.74) is 3.98. The van der Waals surface area contributed by atoms with Gasteiger partial charge >= 0.3 is 0 Å². The SMILES string of the molecule is CCOc1nc2ccccc2nc1N1CCC[C@H](C(=O)NCc2ccc(C)cc2)C1. The maximum absolute atomic E-state index is 12.8. The molecule has 156 valence electrons. The third kappa shape index (κ3) is 4.53. The summed E-state index contributed by atoms with van der Waals surface area (Å²) in [6.07, 6.45) is 1.81. The number of carbonyl (C=O) groups is 1. The smallest absolute Gasteiger partial charge is 0.258 e. The Bertz CT molecular complexity index is 1020. The maximum atomic E-state index is 12.8. The molecule has 4 rings (SSSR count). The first kappa shape index (κ1) is 20.1. The molecule has 1 aliphatic heterocycles. The zero-order chi connectivity index (χ0) is 20.9. The Morgan fingerprint density at radius 1 is 1.13 bits per heavy atom. The number of nitrogens with zero attached hydrogens (tertiary/aromatic N) is 3. The monoisotopic (exact) mass is 404 g/mol. The van der Waals surface area contributed by atoms with Gasteiger partial charge in [-0.15, -0.1) is 0 Å². The van der Waals surface area contributed by atoms with Crippen molar-refractivity contribution in [2.24, 2.45) is 5.92 Å². The lowest BCUT2D eigenvalue weighted by atomic mass is 9.97. The number of aromatic nitrogens is 2. The number of piperidine rings is 1. The minimum absolute atomic E-state index is 0.0769. The number of anilines is 1. The molecule has 0 spiro atoms. The predicted octanol–water partition coefficient (Wildman–Crippen LogP) is 3.87. The summed E-state index contributed by atoms with van der Waals surface area (Å²) in [5, 5.41) is 3.10. The van der Waals surface area contributed by atoms with E-state index in [2.05, 4.69) is 46.4 Å². The van der Waals surface area contributed by atoms with Crippen LogP contribution in [0.5, 0.6) is 5.88 Å². The minimum Gasteiger partial charge on any atom is -0.475 e. The topological polar surface area (TPSA) is 67.4 Å². The first-order valence-electron chi connectivity index (χ1n) is 10.6. The molecule has 1 saturated heterocycles. The van der Waals surface area contributed by atoms with E-state index in [4.69, 9.17) is 9.72 Å². The van der Waals surface area contributed by atoms with Gasteiger partial charge in [-0.25, -0.2) is 9.97 Å². The second-order valence-corrected chi connectivity index (χ2v) is 7.76. The lowest BCUT2D eigenvalue weighted by molar-refractivity contribution is -0.125. The number of hydrogen-bond acceptors (Lipinski definition) is 5. The van der Waals surface area contributed by atoms with Crippen molar-refractivity contribution in [1.29, 1.82) is 0 Å². The summed E-state index contributed by atoms with van der Waals surface area (Å²) < 4.78 is 5.79. The Hall–Kier alpha value is -3.15. The van der Waals surface area contributed by atoms with Crippen molar-refractivity contribution < 1.29 is 9.53 Å². The van der Waals surface area contributed by atoms with Gasteiger partial charge in [-0.3, -0.25) is 4.79 Å². The summed E-state index contributed by atoms with van der Waals surface area (Å²) in [7, 11) is 0. The van der Waals surface area contributed by atoms with Crippen molar-refractivity contribution in [3.63, 3.8) is 0 Å². The van der Waals surface area contributed by atoms with Crippen LogP contribution in [0.1, 0.15) is 30.9 Å². The van der Waals surface area contributed by atoms with E-state index >= 15 is 0 Å². The molecule has 6 nitrogen and oxygen atoms in total. The largest absolute Gasteiger partial charge is 0.475 e. The molecule has 0 saturated carbocycles. The van der Waals surface area contributed by atoms with Crippen LogP contribution in [0.15, 0.2) is 48.5 Å². The lowest BCUT2D eigenvalue weighted by Crippen LogP contribution is -2.43. The molecule has 1 amide bonds. The van der Waals surface area contributed by atoms with Gasteiger partial charge in [0.25, 0.3) is 5.88 Å². The van der Waals surface area contributed by atoms with E-state index < -0.39 is 0 Å². The first-order valence-corrected chi connectivity index (χ1v) is 10.6. The molecule has 0 radical (unpaired) electrons. The molecule has 2 aromatic carbocycles. The third-order valence-electron chi connectivity index (χ3n) is 5.48. The van der Waals surface area contributed by atoms with Crippen LogP contribution in [-0.2, 0) is 11.3 Å². The number of ether oxygens (including phenoxy) is 1. The number of carbonyl (C=O) groups excluding carboxylic acids is 1. The summed E-state index contributed by atoms with van der Waals surface area (Å²) in [6.45, 7) is 6.54. The van der Waals surface area contributed by atoms with Gasteiger partial charge < -0.3 is 15.0 Å². The van der Waals surface area contributed by atoms with Crippen molar-refractivity contribution >= 4 is 22.8 Å². The van der Waals surface area contributed by atoms with E-state index in [0.29, 0.717) is 25.6 Å². The number of para-hydroxylation sites is 2. The van der Waals surface area contributed by atoms with Crippen LogP contribution in [0.2, 0.25) is 0 Å². The highest BCUT2D eigenvalue weighted by molar-refractivity contribution is 5.80. The number of nitrogens with one attached hydrogen (secondary N) is 1. The molecule has 3 aromatic rings. The van der Waals surface area contributed by atoms with Gasteiger partial charge in [0.2, 0.25) is 5.91 Å². The van der Waals surface area contributed by atoms with Gasteiger partial charge in [0.15, 0.2) is 5.82 Å². The normalized spacial score (nSPS) is 16.5. The van der Waals surface area contributed by atoms with Gasteiger partial charge in [-0.05, 0) is 44.4 Å². The van der Waals surface area contributed by atoms with Gasteiger partial charge in [0.05, 0.1) is 23.6 Å². The number of hydrogen-bond donors (Lipinski definition) is 1. The maximum Gasteiger partial charge on any atom is 0.258 e.